The highest BCUT2D eigenvalue weighted by molar-refractivity contribution is 9.09. The average Bonchev–Trinajstić information content (AvgIpc) is 2.99. The second-order valence-electron chi connectivity index (χ2n) is 7.10. The third-order valence-corrected chi connectivity index (χ3v) is 5.85. The Morgan fingerprint density at radius 3 is 2.68 bits per heavy atom. The Labute approximate surface area is 192 Å². The van der Waals surface area contributed by atoms with Gasteiger partial charge in [-0.1, -0.05) is 57.9 Å². The van der Waals surface area contributed by atoms with Gasteiger partial charge in [-0.15, -0.1) is 0 Å². The molecule has 160 valence electrons. The zero-order chi connectivity index (χ0) is 22.1. The number of nitrogens with zero attached hydrogens (tertiary/aromatic N) is 4. The number of halogens is 2. The van der Waals surface area contributed by atoms with Crippen LogP contribution in [0.4, 0.5) is 5.69 Å². The number of hydrogen-bond acceptors (Lipinski definition) is 6. The molecule has 0 radical (unpaired) electrons. The molecule has 2 aromatic carbocycles. The maximum atomic E-state index is 13.2. The molecular weight excluding hydrogens is 486 g/mol. The van der Waals surface area contributed by atoms with Gasteiger partial charge in [0.05, 0.1) is 24.1 Å². The van der Waals surface area contributed by atoms with Crippen LogP contribution in [-0.4, -0.2) is 50.5 Å². The van der Waals surface area contributed by atoms with Gasteiger partial charge in [-0.05, 0) is 30.0 Å². The monoisotopic (exact) mass is 503 g/mol. The van der Waals surface area contributed by atoms with Crippen molar-refractivity contribution in [3.05, 3.63) is 86.8 Å². The first-order valence-electron chi connectivity index (χ1n) is 9.61. The minimum Gasteiger partial charge on any atom is -0.358 e. The van der Waals surface area contributed by atoms with E-state index in [-0.39, 0.29) is 11.7 Å². The Kier molecular flexibility index (Phi) is 5.97. The van der Waals surface area contributed by atoms with Crippen LogP contribution in [0.15, 0.2) is 65.5 Å². The predicted octanol–water partition coefficient (Wildman–Crippen LogP) is 3.89. The SMILES string of the molecule is CC1N(CCBr)C([N+](=O)[O-])=CN1C1N=C(c2ccccc2)c2cc(Cl)ccc2NC1=O. The van der Waals surface area contributed by atoms with E-state index in [1.807, 2.05) is 37.3 Å². The molecule has 2 aliphatic heterocycles. The molecule has 2 aliphatic rings. The molecule has 8 nitrogen and oxygen atoms in total. The lowest BCUT2D eigenvalue weighted by molar-refractivity contribution is -0.445. The summed E-state index contributed by atoms with van der Waals surface area (Å²) in [6.45, 7) is 2.24. The van der Waals surface area contributed by atoms with E-state index in [4.69, 9.17) is 16.6 Å². The topological polar surface area (TPSA) is 91.1 Å². The molecule has 0 bridgehead atoms. The van der Waals surface area contributed by atoms with Crippen LogP contribution in [0.2, 0.25) is 5.02 Å². The van der Waals surface area contributed by atoms with Crippen LogP contribution >= 0.6 is 27.5 Å². The summed E-state index contributed by atoms with van der Waals surface area (Å²) in [7, 11) is 0. The van der Waals surface area contributed by atoms with Gasteiger partial charge in [0.25, 0.3) is 5.91 Å². The second kappa shape index (κ2) is 8.68. The molecule has 10 heteroatoms. The fraction of sp³-hybridized carbons (Fsp3) is 0.238. The van der Waals surface area contributed by atoms with E-state index in [0.29, 0.717) is 33.9 Å². The van der Waals surface area contributed by atoms with Crippen molar-refractivity contribution in [2.75, 3.05) is 17.2 Å². The first-order chi connectivity index (χ1) is 14.9. The van der Waals surface area contributed by atoms with E-state index in [0.717, 1.165) is 5.56 Å². The summed E-state index contributed by atoms with van der Waals surface area (Å²) in [5.41, 5.74) is 2.68. The van der Waals surface area contributed by atoms with Crippen LogP contribution in [-0.2, 0) is 4.79 Å². The zero-order valence-corrected chi connectivity index (χ0v) is 18.9. The number of aliphatic imine (C=N–C) groups is 1. The highest BCUT2D eigenvalue weighted by Gasteiger charge is 2.43. The van der Waals surface area contributed by atoms with Crippen LogP contribution in [0.1, 0.15) is 18.1 Å². The molecule has 2 heterocycles. The summed E-state index contributed by atoms with van der Waals surface area (Å²) in [4.78, 5) is 32.4. The third kappa shape index (κ3) is 4.03. The molecular formula is C21H19BrClN5O3. The van der Waals surface area contributed by atoms with E-state index in [9.17, 15) is 14.9 Å². The van der Waals surface area contributed by atoms with E-state index in [1.54, 1.807) is 28.0 Å². The van der Waals surface area contributed by atoms with E-state index >= 15 is 0 Å². The van der Waals surface area contributed by atoms with Gasteiger partial charge < -0.3 is 20.3 Å². The highest BCUT2D eigenvalue weighted by Crippen LogP contribution is 2.31. The van der Waals surface area contributed by atoms with Crippen molar-refractivity contribution in [2.24, 2.45) is 4.99 Å². The number of anilines is 1. The van der Waals surface area contributed by atoms with Crippen molar-refractivity contribution in [3.63, 3.8) is 0 Å². The standard InChI is InChI=1S/C21H19BrClN5O3/c1-13-26(10-9-22)18(28(30)31)12-27(13)20-21(29)24-17-8-7-15(23)11-16(17)19(25-20)14-5-3-2-4-6-14/h2-8,11-13,20H,9-10H2,1H3,(H,24,29). The van der Waals surface area contributed by atoms with Crippen LogP contribution < -0.4 is 5.32 Å². The number of benzene rings is 2. The Balaban J connectivity index is 1.84. The Morgan fingerprint density at radius 2 is 2.00 bits per heavy atom. The van der Waals surface area contributed by atoms with Crippen LogP contribution in [0, 0.1) is 10.1 Å². The molecule has 2 atom stereocenters. The number of fused-ring (bicyclic) bond motifs is 1. The van der Waals surface area contributed by atoms with Gasteiger partial charge in [0.15, 0.2) is 6.17 Å². The third-order valence-electron chi connectivity index (χ3n) is 5.26. The largest absolute Gasteiger partial charge is 0.358 e. The number of hydrogen-bond donors (Lipinski definition) is 1. The number of benzodiazepines with no additional fused rings is 1. The van der Waals surface area contributed by atoms with Crippen molar-refractivity contribution >= 4 is 44.8 Å². The molecule has 0 aliphatic carbocycles. The lowest BCUT2D eigenvalue weighted by atomic mass is 10.0. The summed E-state index contributed by atoms with van der Waals surface area (Å²) >= 11 is 9.58. The predicted molar refractivity (Wildman–Crippen MR) is 123 cm³/mol. The number of nitro groups is 1. The van der Waals surface area contributed by atoms with E-state index in [2.05, 4.69) is 21.2 Å². The number of alkyl halides is 1. The van der Waals surface area contributed by atoms with Crippen LogP contribution in [0.3, 0.4) is 0 Å². The number of amides is 1. The number of rotatable bonds is 5. The maximum Gasteiger partial charge on any atom is 0.336 e. The number of carbonyl (C=O) groups excluding carboxylic acids is 1. The summed E-state index contributed by atoms with van der Waals surface area (Å²) in [6, 6.07) is 14.7. The highest BCUT2D eigenvalue weighted by atomic mass is 79.9. The summed E-state index contributed by atoms with van der Waals surface area (Å²) < 4.78 is 0. The average molecular weight is 505 g/mol. The molecule has 2 unspecified atom stereocenters. The molecule has 2 aromatic rings. The lowest BCUT2D eigenvalue weighted by Gasteiger charge is -2.28. The fourth-order valence-corrected chi connectivity index (χ4v) is 4.34. The summed E-state index contributed by atoms with van der Waals surface area (Å²) in [5, 5.41) is 15.6. The second-order valence-corrected chi connectivity index (χ2v) is 8.33. The van der Waals surface area contributed by atoms with Gasteiger partial charge in [0, 0.05) is 21.5 Å². The van der Waals surface area contributed by atoms with Crippen LogP contribution in [0.25, 0.3) is 0 Å². The molecule has 0 aromatic heterocycles. The van der Waals surface area contributed by atoms with E-state index in [1.165, 1.54) is 6.20 Å². The Hall–Kier alpha value is -2.91. The first kappa shape index (κ1) is 21.3. The number of carbonyl (C=O) groups is 1. The molecule has 0 spiro atoms. The van der Waals surface area contributed by atoms with E-state index < -0.39 is 17.3 Å². The van der Waals surface area contributed by atoms with Gasteiger partial charge in [-0.3, -0.25) is 4.79 Å². The summed E-state index contributed by atoms with van der Waals surface area (Å²) in [6.07, 6.45) is -0.0296. The van der Waals surface area contributed by atoms with Gasteiger partial charge in [0.2, 0.25) is 6.17 Å². The Bertz CT molecular complexity index is 1090. The molecule has 4 rings (SSSR count). The fourth-order valence-electron chi connectivity index (χ4n) is 3.78. The molecule has 0 fully saturated rings. The molecule has 0 saturated carbocycles. The normalized spacial score (nSPS) is 20.5. The van der Waals surface area contributed by atoms with Gasteiger partial charge in [-0.2, -0.15) is 0 Å². The van der Waals surface area contributed by atoms with Gasteiger partial charge >= 0.3 is 5.82 Å². The van der Waals surface area contributed by atoms with Crippen molar-refractivity contribution < 1.29 is 9.72 Å². The molecule has 31 heavy (non-hydrogen) atoms. The summed E-state index contributed by atoms with van der Waals surface area (Å²) in [5.74, 6) is -0.443. The Morgan fingerprint density at radius 1 is 1.26 bits per heavy atom. The van der Waals surface area contributed by atoms with Gasteiger partial charge in [-0.25, -0.2) is 9.89 Å². The van der Waals surface area contributed by atoms with Crippen molar-refractivity contribution in [3.8, 4) is 0 Å². The molecule has 1 N–H and O–H groups in total. The number of nitrogens with one attached hydrogen (secondary N) is 1. The maximum absolute atomic E-state index is 13.2. The minimum absolute atomic E-state index is 0.0685. The van der Waals surface area contributed by atoms with Crippen LogP contribution in [0.5, 0.6) is 0 Å². The lowest BCUT2D eigenvalue weighted by Crippen LogP contribution is -2.47. The smallest absolute Gasteiger partial charge is 0.336 e. The zero-order valence-electron chi connectivity index (χ0n) is 16.5. The molecule has 0 saturated heterocycles. The van der Waals surface area contributed by atoms with Crippen molar-refractivity contribution in [2.45, 2.75) is 19.3 Å². The van der Waals surface area contributed by atoms with Crippen molar-refractivity contribution in [1.82, 2.24) is 9.80 Å². The van der Waals surface area contributed by atoms with Crippen molar-refractivity contribution in [1.29, 1.82) is 0 Å². The quantitative estimate of drug-likeness (QED) is 0.379. The van der Waals surface area contributed by atoms with Gasteiger partial charge in [0.1, 0.15) is 0 Å². The minimum atomic E-state index is -0.994. The molecule has 1 amide bonds. The first-order valence-corrected chi connectivity index (χ1v) is 11.1.